The van der Waals surface area contributed by atoms with Crippen LogP contribution in [0, 0.1) is 4.91 Å². The molecule has 0 atom stereocenters. The molecule has 1 fully saturated rings. The normalized spacial score (nSPS) is 14.7. The molecule has 0 aliphatic carbocycles. The lowest BCUT2D eigenvalue weighted by Gasteiger charge is -2.26. The van der Waals surface area contributed by atoms with Crippen molar-refractivity contribution in [1.29, 1.82) is 0 Å². The van der Waals surface area contributed by atoms with E-state index < -0.39 is 10.0 Å². The summed E-state index contributed by atoms with van der Waals surface area (Å²) < 4.78 is 45.2. The van der Waals surface area contributed by atoms with Crippen LogP contribution in [0.5, 0.6) is 5.75 Å². The summed E-state index contributed by atoms with van der Waals surface area (Å²) in [5.41, 5.74) is 0.501. The Balaban J connectivity index is 1.95. The zero-order chi connectivity index (χ0) is 20.9. The van der Waals surface area contributed by atoms with Crippen LogP contribution in [0.2, 0.25) is 0 Å². The van der Waals surface area contributed by atoms with Crippen LogP contribution in [0.4, 0.5) is 11.4 Å². The fourth-order valence-electron chi connectivity index (χ4n) is 3.01. The Hall–Kier alpha value is -2.01. The lowest BCUT2D eigenvalue weighted by Crippen LogP contribution is -2.32. The number of sulfonamides is 1. The number of benzene rings is 2. The molecule has 1 heterocycles. The van der Waals surface area contributed by atoms with E-state index in [0.717, 1.165) is 4.47 Å². The van der Waals surface area contributed by atoms with Gasteiger partial charge in [0.05, 0.1) is 26.0 Å². The fraction of sp³-hybridized carbons (Fsp3) is 0.368. The van der Waals surface area contributed by atoms with E-state index in [1.165, 1.54) is 29.6 Å². The summed E-state index contributed by atoms with van der Waals surface area (Å²) in [6.07, 6.45) is 0.769. The number of hydrogen-bond donors (Lipinski definition) is 0. The average Bonchev–Trinajstić information content (AvgIpc) is 3.25. The quantitative estimate of drug-likeness (QED) is 0.494. The molecule has 156 valence electrons. The maximum Gasteiger partial charge on any atom is 0.268 e. The minimum Gasteiger partial charge on any atom is -0.495 e. The minimum absolute atomic E-state index is 0.00730. The van der Waals surface area contributed by atoms with Crippen molar-refractivity contribution in [3.05, 3.63) is 51.8 Å². The highest BCUT2D eigenvalue weighted by Crippen LogP contribution is 2.33. The number of methoxy groups -OCH3 is 1. The van der Waals surface area contributed by atoms with E-state index in [1.54, 1.807) is 24.3 Å². The maximum absolute atomic E-state index is 13.5. The van der Waals surface area contributed by atoms with E-state index in [4.69, 9.17) is 14.2 Å². The molecule has 0 amide bonds. The van der Waals surface area contributed by atoms with Crippen LogP contribution in [0.3, 0.4) is 0 Å². The molecule has 29 heavy (non-hydrogen) atoms. The number of halogens is 1. The number of rotatable bonds is 9. The van der Waals surface area contributed by atoms with Gasteiger partial charge in [0, 0.05) is 17.4 Å². The first-order chi connectivity index (χ1) is 14.0. The van der Waals surface area contributed by atoms with Crippen molar-refractivity contribution in [2.75, 3.05) is 31.2 Å². The Morgan fingerprint density at radius 1 is 1.17 bits per heavy atom. The first-order valence-electron chi connectivity index (χ1n) is 8.98. The van der Waals surface area contributed by atoms with Gasteiger partial charge in [0.2, 0.25) is 0 Å². The smallest absolute Gasteiger partial charge is 0.268 e. The standard InChI is InChI=1S/C19H21BrN2O6S/c1-26-17-9-6-15(21-23)13-18(17)29(24,25)22(16-7-4-14(20)5-8-16)10-2-3-19-27-11-12-28-19/h4-9,13,19H,2-3,10-12H2,1H3. The molecule has 3 rings (SSSR count). The van der Waals surface area contributed by atoms with Crippen LogP contribution >= 0.6 is 15.9 Å². The summed E-state index contributed by atoms with van der Waals surface area (Å²) in [5.74, 6) is 0.141. The molecular weight excluding hydrogens is 464 g/mol. The lowest BCUT2D eigenvalue weighted by molar-refractivity contribution is -0.0471. The van der Waals surface area contributed by atoms with Crippen LogP contribution in [-0.2, 0) is 19.5 Å². The maximum atomic E-state index is 13.5. The van der Waals surface area contributed by atoms with Crippen molar-refractivity contribution in [2.24, 2.45) is 5.18 Å². The van der Waals surface area contributed by atoms with Gasteiger partial charge >= 0.3 is 0 Å². The summed E-state index contributed by atoms with van der Waals surface area (Å²) in [4.78, 5) is 10.8. The van der Waals surface area contributed by atoms with Crippen molar-refractivity contribution in [1.82, 2.24) is 0 Å². The molecule has 0 unspecified atom stereocenters. The molecule has 1 aliphatic heterocycles. The third-order valence-corrected chi connectivity index (χ3v) is 6.80. The van der Waals surface area contributed by atoms with Crippen molar-refractivity contribution >= 4 is 37.3 Å². The van der Waals surface area contributed by atoms with Gasteiger partial charge in [0.15, 0.2) is 6.29 Å². The van der Waals surface area contributed by atoms with E-state index in [9.17, 15) is 13.3 Å². The van der Waals surface area contributed by atoms with Gasteiger partial charge in [-0.25, -0.2) is 8.42 Å². The topological polar surface area (TPSA) is 94.5 Å². The number of nitrogens with zero attached hydrogens (tertiary/aromatic N) is 2. The van der Waals surface area contributed by atoms with Crippen molar-refractivity contribution in [3.8, 4) is 5.75 Å². The third kappa shape index (κ3) is 5.13. The number of nitroso groups, excluding NO2 is 1. The van der Waals surface area contributed by atoms with E-state index in [1.807, 2.05) is 0 Å². The zero-order valence-electron chi connectivity index (χ0n) is 15.8. The second kappa shape index (κ2) is 9.66. The first kappa shape index (κ1) is 21.7. The molecule has 2 aromatic carbocycles. The number of ether oxygens (including phenoxy) is 3. The molecule has 10 heteroatoms. The molecular formula is C19H21BrN2O6S. The van der Waals surface area contributed by atoms with Crippen LogP contribution < -0.4 is 9.04 Å². The van der Waals surface area contributed by atoms with Crippen LogP contribution in [-0.4, -0.2) is 41.6 Å². The van der Waals surface area contributed by atoms with E-state index in [0.29, 0.717) is 31.7 Å². The molecule has 8 nitrogen and oxygen atoms in total. The fourth-order valence-corrected chi connectivity index (χ4v) is 4.96. The van der Waals surface area contributed by atoms with E-state index in [-0.39, 0.29) is 29.2 Å². The summed E-state index contributed by atoms with van der Waals surface area (Å²) in [7, 11) is -2.65. The molecule has 1 aliphatic rings. The van der Waals surface area contributed by atoms with Gasteiger partial charge < -0.3 is 14.2 Å². The zero-order valence-corrected chi connectivity index (χ0v) is 18.2. The SMILES string of the molecule is COc1ccc(N=O)cc1S(=O)(=O)N(CCCC1OCCO1)c1ccc(Br)cc1. The highest BCUT2D eigenvalue weighted by atomic mass is 79.9. The first-order valence-corrected chi connectivity index (χ1v) is 11.2. The molecule has 0 aromatic heterocycles. The minimum atomic E-state index is -4.03. The largest absolute Gasteiger partial charge is 0.495 e. The Labute approximate surface area is 177 Å². The van der Waals surface area contributed by atoms with Crippen molar-refractivity contribution in [3.63, 3.8) is 0 Å². The second-order valence-corrected chi connectivity index (χ2v) is 9.04. The van der Waals surface area contributed by atoms with Crippen molar-refractivity contribution < 1.29 is 22.6 Å². The lowest BCUT2D eigenvalue weighted by atomic mass is 10.2. The van der Waals surface area contributed by atoms with Gasteiger partial charge in [-0.05, 0) is 54.1 Å². The Bertz CT molecular complexity index is 946. The highest BCUT2D eigenvalue weighted by Gasteiger charge is 2.29. The molecule has 2 aromatic rings. The monoisotopic (exact) mass is 484 g/mol. The predicted octanol–water partition coefficient (Wildman–Crippen LogP) is 4.20. The average molecular weight is 485 g/mol. The highest BCUT2D eigenvalue weighted by molar-refractivity contribution is 9.10. The van der Waals surface area contributed by atoms with Crippen LogP contribution in [0.15, 0.2) is 57.0 Å². The summed E-state index contributed by atoms with van der Waals surface area (Å²) in [5, 5.41) is 2.85. The Morgan fingerprint density at radius 2 is 1.86 bits per heavy atom. The van der Waals surface area contributed by atoms with Gasteiger partial charge in [-0.3, -0.25) is 4.31 Å². The molecule has 0 bridgehead atoms. The van der Waals surface area contributed by atoms with Crippen LogP contribution in [0.1, 0.15) is 12.8 Å². The summed E-state index contributed by atoms with van der Waals surface area (Å²) in [6.45, 7) is 1.29. The Morgan fingerprint density at radius 3 is 2.48 bits per heavy atom. The van der Waals surface area contributed by atoms with Gasteiger partial charge in [-0.2, -0.15) is 0 Å². The number of anilines is 1. The van der Waals surface area contributed by atoms with E-state index >= 15 is 0 Å². The van der Waals surface area contributed by atoms with Crippen molar-refractivity contribution in [2.45, 2.75) is 24.0 Å². The molecule has 0 saturated carbocycles. The van der Waals surface area contributed by atoms with Crippen LogP contribution in [0.25, 0.3) is 0 Å². The van der Waals surface area contributed by atoms with Gasteiger partial charge in [-0.15, -0.1) is 4.91 Å². The molecule has 0 N–H and O–H groups in total. The predicted molar refractivity (Wildman–Crippen MR) is 112 cm³/mol. The van der Waals surface area contributed by atoms with Gasteiger partial charge in [0.25, 0.3) is 10.0 Å². The molecule has 0 spiro atoms. The summed E-state index contributed by atoms with van der Waals surface area (Å²) >= 11 is 3.36. The molecule has 0 radical (unpaired) electrons. The summed E-state index contributed by atoms with van der Waals surface area (Å²) in [6, 6.07) is 11.0. The van der Waals surface area contributed by atoms with Gasteiger partial charge in [0.1, 0.15) is 16.3 Å². The van der Waals surface area contributed by atoms with E-state index in [2.05, 4.69) is 21.1 Å². The Kier molecular flexibility index (Phi) is 7.23. The van der Waals surface area contributed by atoms with Gasteiger partial charge in [-0.1, -0.05) is 15.9 Å². The molecule has 1 saturated heterocycles. The third-order valence-electron chi connectivity index (χ3n) is 4.43. The number of hydrogen-bond acceptors (Lipinski definition) is 7. The second-order valence-electron chi connectivity index (χ2n) is 6.29.